The van der Waals surface area contributed by atoms with Crippen LogP contribution in [0.15, 0.2) is 73.4 Å². The van der Waals surface area contributed by atoms with Crippen LogP contribution < -0.4 is 0 Å². The summed E-state index contributed by atoms with van der Waals surface area (Å²) in [5.41, 5.74) is 3.93. The van der Waals surface area contributed by atoms with Crippen molar-refractivity contribution >= 4 is 29.1 Å². The molecule has 3 aromatic rings. The van der Waals surface area contributed by atoms with Crippen LogP contribution in [-0.4, -0.2) is 21.9 Å². The first-order valence-electron chi connectivity index (χ1n) is 9.02. The van der Waals surface area contributed by atoms with Crippen molar-refractivity contribution in [2.24, 2.45) is 0 Å². The molecule has 144 valence electrons. The summed E-state index contributed by atoms with van der Waals surface area (Å²) in [5, 5.41) is 0.852. The predicted molar refractivity (Wildman–Crippen MR) is 116 cm³/mol. The minimum Gasteiger partial charge on any atom is -0.345 e. The minimum atomic E-state index is -0.148. The molecule has 3 nitrogen and oxygen atoms in total. The Morgan fingerprint density at radius 1 is 1.14 bits per heavy atom. The molecule has 1 heterocycles. The Balaban J connectivity index is 1.82. The standard InChI is InChI=1S/C23H22Cl2N2O/c1-3-11-27(23(28)21-10-9-19(24)14-22(21)25)16-20-8-5-12-26(20)15-18-7-4-6-17(2)13-18/h3-10,12-14H,1,11,15-16H2,2H3. The molecule has 0 aliphatic carbocycles. The van der Waals surface area contributed by atoms with E-state index in [0.717, 1.165) is 12.2 Å². The Hall–Kier alpha value is -2.49. The Morgan fingerprint density at radius 3 is 2.68 bits per heavy atom. The summed E-state index contributed by atoms with van der Waals surface area (Å²) in [6.07, 6.45) is 3.75. The summed E-state index contributed by atoms with van der Waals surface area (Å²) in [6, 6.07) is 17.4. The SMILES string of the molecule is C=CCN(Cc1cccn1Cc1cccc(C)c1)C(=O)c1ccc(Cl)cc1Cl. The number of hydrogen-bond acceptors (Lipinski definition) is 1. The molecule has 1 aromatic heterocycles. The number of carbonyl (C=O) groups is 1. The minimum absolute atomic E-state index is 0.148. The van der Waals surface area contributed by atoms with Crippen LogP contribution in [-0.2, 0) is 13.1 Å². The van der Waals surface area contributed by atoms with Gasteiger partial charge in [-0.15, -0.1) is 6.58 Å². The van der Waals surface area contributed by atoms with Crippen LogP contribution in [0, 0.1) is 6.92 Å². The number of hydrogen-bond donors (Lipinski definition) is 0. The Morgan fingerprint density at radius 2 is 1.96 bits per heavy atom. The molecule has 1 amide bonds. The fourth-order valence-corrected chi connectivity index (χ4v) is 3.65. The maximum atomic E-state index is 13.0. The van der Waals surface area contributed by atoms with E-state index < -0.39 is 0 Å². The number of aryl methyl sites for hydroxylation is 1. The lowest BCUT2D eigenvalue weighted by molar-refractivity contribution is 0.0759. The van der Waals surface area contributed by atoms with E-state index in [4.69, 9.17) is 23.2 Å². The van der Waals surface area contributed by atoms with Gasteiger partial charge in [-0.1, -0.05) is 59.1 Å². The van der Waals surface area contributed by atoms with Gasteiger partial charge in [-0.05, 0) is 42.8 Å². The van der Waals surface area contributed by atoms with Crippen molar-refractivity contribution in [2.75, 3.05) is 6.54 Å². The van der Waals surface area contributed by atoms with E-state index in [1.54, 1.807) is 29.2 Å². The van der Waals surface area contributed by atoms with E-state index in [2.05, 4.69) is 42.3 Å². The van der Waals surface area contributed by atoms with Crippen LogP contribution >= 0.6 is 23.2 Å². The first-order valence-corrected chi connectivity index (χ1v) is 9.78. The van der Waals surface area contributed by atoms with Gasteiger partial charge in [-0.25, -0.2) is 0 Å². The van der Waals surface area contributed by atoms with Crippen LogP contribution in [0.3, 0.4) is 0 Å². The first-order chi connectivity index (χ1) is 13.5. The van der Waals surface area contributed by atoms with E-state index in [1.807, 2.05) is 18.3 Å². The third-order valence-corrected chi connectivity index (χ3v) is 5.06. The average molecular weight is 413 g/mol. The van der Waals surface area contributed by atoms with Gasteiger partial charge >= 0.3 is 0 Å². The molecule has 3 rings (SSSR count). The first kappa shape index (κ1) is 20.2. The van der Waals surface area contributed by atoms with E-state index in [0.29, 0.717) is 28.7 Å². The van der Waals surface area contributed by atoms with Crippen LogP contribution in [0.4, 0.5) is 0 Å². The second kappa shape index (κ2) is 9.13. The zero-order chi connectivity index (χ0) is 20.1. The Labute approximate surface area is 175 Å². The largest absolute Gasteiger partial charge is 0.345 e. The molecule has 0 unspecified atom stereocenters. The summed E-state index contributed by atoms with van der Waals surface area (Å²) < 4.78 is 2.15. The van der Waals surface area contributed by atoms with Crippen molar-refractivity contribution < 1.29 is 4.79 Å². The lowest BCUT2D eigenvalue weighted by Crippen LogP contribution is -2.31. The number of aromatic nitrogens is 1. The monoisotopic (exact) mass is 412 g/mol. The van der Waals surface area contributed by atoms with Gasteiger partial charge in [0.15, 0.2) is 0 Å². The van der Waals surface area contributed by atoms with Gasteiger partial charge in [-0.3, -0.25) is 4.79 Å². The number of carbonyl (C=O) groups excluding carboxylic acids is 1. The van der Waals surface area contributed by atoms with Gasteiger partial charge in [-0.2, -0.15) is 0 Å². The molecule has 0 saturated heterocycles. The molecule has 0 fully saturated rings. The summed E-state index contributed by atoms with van der Waals surface area (Å²) in [4.78, 5) is 14.8. The molecule has 28 heavy (non-hydrogen) atoms. The fraction of sp³-hybridized carbons (Fsp3) is 0.174. The van der Waals surface area contributed by atoms with Crippen molar-refractivity contribution in [1.82, 2.24) is 9.47 Å². The lowest BCUT2D eigenvalue weighted by atomic mass is 10.1. The van der Waals surface area contributed by atoms with Gasteiger partial charge in [0, 0.05) is 30.0 Å². The second-order valence-corrected chi connectivity index (χ2v) is 7.56. The maximum absolute atomic E-state index is 13.0. The van der Waals surface area contributed by atoms with Crippen LogP contribution in [0.5, 0.6) is 0 Å². The van der Waals surface area contributed by atoms with E-state index in [9.17, 15) is 4.79 Å². The Bertz CT molecular complexity index is 994. The summed E-state index contributed by atoms with van der Waals surface area (Å²) in [6.45, 7) is 7.51. The zero-order valence-corrected chi connectivity index (χ0v) is 17.2. The highest BCUT2D eigenvalue weighted by atomic mass is 35.5. The molecule has 0 bridgehead atoms. The fourth-order valence-electron chi connectivity index (χ4n) is 3.16. The molecular formula is C23H22Cl2N2O. The highest BCUT2D eigenvalue weighted by molar-refractivity contribution is 6.36. The van der Waals surface area contributed by atoms with Crippen molar-refractivity contribution in [3.05, 3.63) is 106 Å². The lowest BCUT2D eigenvalue weighted by Gasteiger charge is -2.23. The van der Waals surface area contributed by atoms with Gasteiger partial charge in [0.2, 0.25) is 0 Å². The third kappa shape index (κ3) is 4.86. The Kier molecular flexibility index (Phi) is 6.61. The van der Waals surface area contributed by atoms with Crippen LogP contribution in [0.25, 0.3) is 0 Å². The molecule has 2 aromatic carbocycles. The molecule has 5 heteroatoms. The summed E-state index contributed by atoms with van der Waals surface area (Å²) >= 11 is 12.2. The smallest absolute Gasteiger partial charge is 0.256 e. The van der Waals surface area contributed by atoms with Gasteiger partial charge < -0.3 is 9.47 Å². The van der Waals surface area contributed by atoms with Crippen LogP contribution in [0.2, 0.25) is 10.0 Å². The van der Waals surface area contributed by atoms with Crippen molar-refractivity contribution in [3.8, 4) is 0 Å². The molecular weight excluding hydrogens is 391 g/mol. The molecule has 0 saturated carbocycles. The molecule has 0 radical (unpaired) electrons. The summed E-state index contributed by atoms with van der Waals surface area (Å²) in [5.74, 6) is -0.148. The topological polar surface area (TPSA) is 25.2 Å². The molecule has 0 aliphatic heterocycles. The molecule has 0 aliphatic rings. The number of rotatable bonds is 7. The van der Waals surface area contributed by atoms with Crippen molar-refractivity contribution in [1.29, 1.82) is 0 Å². The second-order valence-electron chi connectivity index (χ2n) is 6.71. The molecule has 0 N–H and O–H groups in total. The van der Waals surface area contributed by atoms with Gasteiger partial charge in [0.25, 0.3) is 5.91 Å². The third-order valence-electron chi connectivity index (χ3n) is 4.51. The molecule has 0 atom stereocenters. The van der Waals surface area contributed by atoms with Gasteiger partial charge in [0.05, 0.1) is 17.1 Å². The van der Waals surface area contributed by atoms with Crippen molar-refractivity contribution in [3.63, 3.8) is 0 Å². The zero-order valence-electron chi connectivity index (χ0n) is 15.7. The van der Waals surface area contributed by atoms with Gasteiger partial charge in [0.1, 0.15) is 0 Å². The highest BCUT2D eigenvalue weighted by Crippen LogP contribution is 2.23. The highest BCUT2D eigenvalue weighted by Gasteiger charge is 2.19. The summed E-state index contributed by atoms with van der Waals surface area (Å²) in [7, 11) is 0. The number of benzene rings is 2. The molecule has 0 spiro atoms. The maximum Gasteiger partial charge on any atom is 0.256 e. The van der Waals surface area contributed by atoms with Crippen molar-refractivity contribution in [2.45, 2.75) is 20.0 Å². The number of nitrogens with zero attached hydrogens (tertiary/aromatic N) is 2. The quantitative estimate of drug-likeness (QED) is 0.438. The predicted octanol–water partition coefficient (Wildman–Crippen LogP) is 5.98. The van der Waals surface area contributed by atoms with E-state index in [1.165, 1.54) is 11.1 Å². The number of amides is 1. The van der Waals surface area contributed by atoms with Crippen LogP contribution in [0.1, 0.15) is 27.2 Å². The normalized spacial score (nSPS) is 10.7. The number of halogens is 2. The average Bonchev–Trinajstić information content (AvgIpc) is 3.07. The van der Waals surface area contributed by atoms with E-state index in [-0.39, 0.29) is 5.91 Å². The van der Waals surface area contributed by atoms with E-state index >= 15 is 0 Å².